The molecule has 1 aromatic rings. The predicted molar refractivity (Wildman–Crippen MR) is 82.1 cm³/mol. The molecule has 1 unspecified atom stereocenters. The Labute approximate surface area is 126 Å². The number of rotatable bonds is 3. The minimum atomic E-state index is -0.212. The second-order valence-electron chi connectivity index (χ2n) is 6.08. The van der Waals surface area contributed by atoms with Crippen molar-refractivity contribution >= 4 is 5.91 Å². The highest BCUT2D eigenvalue weighted by Gasteiger charge is 2.36. The molecular formula is C16H24N2O3. The maximum atomic E-state index is 12.8. The van der Waals surface area contributed by atoms with Gasteiger partial charge in [0.15, 0.2) is 11.5 Å². The number of piperazine rings is 1. The van der Waals surface area contributed by atoms with Crippen molar-refractivity contribution in [1.29, 1.82) is 0 Å². The molecule has 1 aliphatic heterocycles. The number of nitrogens with one attached hydrogen (secondary N) is 1. The summed E-state index contributed by atoms with van der Waals surface area (Å²) in [6.07, 6.45) is 0. The minimum Gasteiger partial charge on any atom is -0.493 e. The Balaban J connectivity index is 2.30. The summed E-state index contributed by atoms with van der Waals surface area (Å²) in [5, 5.41) is 3.41. The van der Waals surface area contributed by atoms with Crippen molar-refractivity contribution in [2.75, 3.05) is 27.3 Å². The number of methoxy groups -OCH3 is 2. The van der Waals surface area contributed by atoms with Crippen LogP contribution in [-0.2, 0) is 0 Å². The second kappa shape index (κ2) is 5.93. The lowest BCUT2D eigenvalue weighted by Crippen LogP contribution is -2.62. The second-order valence-corrected chi connectivity index (χ2v) is 6.08. The van der Waals surface area contributed by atoms with E-state index in [1.807, 2.05) is 4.90 Å². The number of hydrogen-bond donors (Lipinski definition) is 1. The molecule has 1 saturated heterocycles. The lowest BCUT2D eigenvalue weighted by Gasteiger charge is -2.45. The van der Waals surface area contributed by atoms with Gasteiger partial charge in [0.05, 0.1) is 19.8 Å². The molecule has 5 nitrogen and oxygen atoms in total. The van der Waals surface area contributed by atoms with Crippen molar-refractivity contribution in [3.8, 4) is 11.5 Å². The van der Waals surface area contributed by atoms with Gasteiger partial charge in [-0.1, -0.05) is 0 Å². The number of carbonyl (C=O) groups excluding carboxylic acids is 1. The molecule has 21 heavy (non-hydrogen) atoms. The molecule has 1 fully saturated rings. The smallest absolute Gasteiger partial charge is 0.254 e. The van der Waals surface area contributed by atoms with Gasteiger partial charge in [0.1, 0.15) is 0 Å². The Hall–Kier alpha value is -1.75. The highest BCUT2D eigenvalue weighted by Crippen LogP contribution is 2.29. The predicted octanol–water partition coefficient (Wildman–Crippen LogP) is 1.92. The number of carbonyl (C=O) groups is 1. The van der Waals surface area contributed by atoms with Gasteiger partial charge < -0.3 is 19.7 Å². The highest BCUT2D eigenvalue weighted by atomic mass is 16.5. The van der Waals surface area contributed by atoms with Crippen LogP contribution in [0, 0.1) is 0 Å². The summed E-state index contributed by atoms with van der Waals surface area (Å²) < 4.78 is 10.5. The van der Waals surface area contributed by atoms with Crippen LogP contribution >= 0.6 is 0 Å². The number of benzene rings is 1. The number of nitrogens with zero attached hydrogens (tertiary/aromatic N) is 1. The molecule has 1 heterocycles. The van der Waals surface area contributed by atoms with E-state index in [4.69, 9.17) is 9.47 Å². The minimum absolute atomic E-state index is 0.0225. The fraction of sp³-hybridized carbons (Fsp3) is 0.562. The number of hydrogen-bond acceptors (Lipinski definition) is 4. The van der Waals surface area contributed by atoms with Gasteiger partial charge in [-0.2, -0.15) is 0 Å². The van der Waals surface area contributed by atoms with Crippen molar-refractivity contribution < 1.29 is 14.3 Å². The molecule has 0 saturated carbocycles. The molecule has 1 atom stereocenters. The van der Waals surface area contributed by atoms with Crippen LogP contribution in [0.5, 0.6) is 11.5 Å². The van der Waals surface area contributed by atoms with Gasteiger partial charge >= 0.3 is 0 Å². The summed E-state index contributed by atoms with van der Waals surface area (Å²) in [6, 6.07) is 5.59. The van der Waals surface area contributed by atoms with Crippen LogP contribution in [0.25, 0.3) is 0 Å². The zero-order valence-corrected chi connectivity index (χ0v) is 13.4. The molecule has 1 N–H and O–H groups in total. The molecular weight excluding hydrogens is 268 g/mol. The van der Waals surface area contributed by atoms with Gasteiger partial charge in [-0.15, -0.1) is 0 Å². The average molecular weight is 292 g/mol. The van der Waals surface area contributed by atoms with E-state index in [2.05, 4.69) is 26.1 Å². The van der Waals surface area contributed by atoms with Crippen molar-refractivity contribution in [3.63, 3.8) is 0 Å². The summed E-state index contributed by atoms with van der Waals surface area (Å²) in [5.74, 6) is 1.22. The van der Waals surface area contributed by atoms with E-state index in [0.29, 0.717) is 29.6 Å². The third-order valence-corrected chi connectivity index (χ3v) is 3.95. The molecule has 0 radical (unpaired) electrons. The molecule has 0 aliphatic carbocycles. The third-order valence-electron chi connectivity index (χ3n) is 3.95. The summed E-state index contributed by atoms with van der Waals surface area (Å²) in [6.45, 7) is 7.71. The maximum absolute atomic E-state index is 12.8. The fourth-order valence-electron chi connectivity index (χ4n) is 2.59. The largest absolute Gasteiger partial charge is 0.493 e. The number of amides is 1. The number of ether oxygens (including phenoxy) is 2. The molecule has 116 valence electrons. The standard InChI is InChI=1S/C16H24N2O3/c1-11-9-18(16(2,3)10-17-11)15(19)12-6-7-13(20-4)14(8-12)21-5/h6-8,11,17H,9-10H2,1-5H3. The van der Waals surface area contributed by atoms with Crippen molar-refractivity contribution in [2.45, 2.75) is 32.4 Å². The summed E-state index contributed by atoms with van der Waals surface area (Å²) >= 11 is 0. The fourth-order valence-corrected chi connectivity index (χ4v) is 2.59. The van der Waals surface area contributed by atoms with Gasteiger partial charge in [-0.25, -0.2) is 0 Å². The van der Waals surface area contributed by atoms with Crippen LogP contribution < -0.4 is 14.8 Å². The van der Waals surface area contributed by atoms with E-state index in [0.717, 1.165) is 6.54 Å². The molecule has 0 bridgehead atoms. The van der Waals surface area contributed by atoms with Crippen molar-refractivity contribution in [2.24, 2.45) is 0 Å². The average Bonchev–Trinajstić information content (AvgIpc) is 2.48. The Bertz CT molecular complexity index is 528. The SMILES string of the molecule is COc1ccc(C(=O)N2CC(C)NCC2(C)C)cc1OC. The zero-order valence-electron chi connectivity index (χ0n) is 13.4. The Morgan fingerprint density at radius 3 is 2.57 bits per heavy atom. The van der Waals surface area contributed by atoms with Gasteiger partial charge in [0.2, 0.25) is 0 Å². The topological polar surface area (TPSA) is 50.8 Å². The van der Waals surface area contributed by atoms with Crippen LogP contribution in [0.15, 0.2) is 18.2 Å². The summed E-state index contributed by atoms with van der Waals surface area (Å²) in [5.41, 5.74) is 0.409. The Kier molecular flexibility index (Phi) is 4.42. The van der Waals surface area contributed by atoms with E-state index in [-0.39, 0.29) is 11.4 Å². The molecule has 2 rings (SSSR count). The molecule has 1 amide bonds. The lowest BCUT2D eigenvalue weighted by atomic mass is 9.96. The first-order valence-corrected chi connectivity index (χ1v) is 7.16. The lowest BCUT2D eigenvalue weighted by molar-refractivity contribution is 0.0410. The van der Waals surface area contributed by atoms with E-state index >= 15 is 0 Å². The first-order chi connectivity index (χ1) is 9.89. The molecule has 0 spiro atoms. The van der Waals surface area contributed by atoms with Crippen LogP contribution in [0.4, 0.5) is 0 Å². The van der Waals surface area contributed by atoms with Gasteiger partial charge in [-0.3, -0.25) is 4.79 Å². The first kappa shape index (κ1) is 15.6. The normalized spacial score (nSPS) is 21.0. The van der Waals surface area contributed by atoms with Crippen molar-refractivity contribution in [1.82, 2.24) is 10.2 Å². The van der Waals surface area contributed by atoms with Gasteiger partial charge in [-0.05, 0) is 39.0 Å². The quantitative estimate of drug-likeness (QED) is 0.924. The van der Waals surface area contributed by atoms with E-state index < -0.39 is 0 Å². The molecule has 5 heteroatoms. The molecule has 0 aromatic heterocycles. The van der Waals surface area contributed by atoms with Crippen LogP contribution in [0.2, 0.25) is 0 Å². The monoisotopic (exact) mass is 292 g/mol. The van der Waals surface area contributed by atoms with E-state index in [1.54, 1.807) is 32.4 Å². The summed E-state index contributed by atoms with van der Waals surface area (Å²) in [7, 11) is 3.16. The molecule has 1 aliphatic rings. The highest BCUT2D eigenvalue weighted by molar-refractivity contribution is 5.95. The Morgan fingerprint density at radius 2 is 1.95 bits per heavy atom. The van der Waals surface area contributed by atoms with Crippen LogP contribution in [0.1, 0.15) is 31.1 Å². The van der Waals surface area contributed by atoms with Crippen molar-refractivity contribution in [3.05, 3.63) is 23.8 Å². The third kappa shape index (κ3) is 3.13. The van der Waals surface area contributed by atoms with Gasteiger partial charge in [0.25, 0.3) is 5.91 Å². The van der Waals surface area contributed by atoms with Gasteiger partial charge in [0, 0.05) is 24.7 Å². The van der Waals surface area contributed by atoms with E-state index in [9.17, 15) is 4.79 Å². The van der Waals surface area contributed by atoms with Crippen LogP contribution in [0.3, 0.4) is 0 Å². The van der Waals surface area contributed by atoms with Crippen LogP contribution in [-0.4, -0.2) is 49.7 Å². The zero-order chi connectivity index (χ0) is 15.6. The first-order valence-electron chi connectivity index (χ1n) is 7.16. The molecule has 1 aromatic carbocycles. The van der Waals surface area contributed by atoms with E-state index in [1.165, 1.54) is 0 Å². The summed E-state index contributed by atoms with van der Waals surface area (Å²) in [4.78, 5) is 14.8. The Morgan fingerprint density at radius 1 is 1.29 bits per heavy atom. The maximum Gasteiger partial charge on any atom is 0.254 e.